The summed E-state index contributed by atoms with van der Waals surface area (Å²) in [5, 5.41) is 10.2. The number of methoxy groups -OCH3 is 1. The van der Waals surface area contributed by atoms with Crippen LogP contribution in [0.1, 0.15) is 61.8 Å². The molecule has 1 aromatic heterocycles. The number of furan rings is 1. The summed E-state index contributed by atoms with van der Waals surface area (Å²) < 4.78 is 15.8. The number of aliphatic hydroxyl groups excluding tert-OH is 1. The number of alkyl halides is 1. The Bertz CT molecular complexity index is 564. The van der Waals surface area contributed by atoms with Gasteiger partial charge in [-0.25, -0.2) is 4.79 Å². The molecule has 0 radical (unpaired) electrons. The number of carbonyl (C=O) groups excluding carboxylic acids is 1. The van der Waals surface area contributed by atoms with E-state index in [1.165, 1.54) is 20.0 Å². The van der Waals surface area contributed by atoms with Gasteiger partial charge in [-0.1, -0.05) is 26.2 Å². The van der Waals surface area contributed by atoms with Crippen LogP contribution >= 0.6 is 11.6 Å². The Balaban J connectivity index is 1.73. The molecule has 0 saturated carbocycles. The lowest BCUT2D eigenvalue weighted by Gasteiger charge is -2.26. The summed E-state index contributed by atoms with van der Waals surface area (Å²) in [7, 11) is 1.32. The summed E-state index contributed by atoms with van der Waals surface area (Å²) in [6.07, 6.45) is 5.74. The Morgan fingerprint density at radius 3 is 2.96 bits per heavy atom. The highest BCUT2D eigenvalue weighted by molar-refractivity contribution is 6.21. The highest BCUT2D eigenvalue weighted by atomic mass is 35.5. The molecule has 27 heavy (non-hydrogen) atoms. The molecule has 1 aromatic rings. The average Bonchev–Trinajstić information content (AvgIpc) is 3.27. The first kappa shape index (κ1) is 22.2. The van der Waals surface area contributed by atoms with Gasteiger partial charge in [-0.3, -0.25) is 4.90 Å². The number of aliphatic hydroxyl groups is 1. The first-order chi connectivity index (χ1) is 13.0. The standard InChI is InChI=1S/C20H32ClNO5/c1-3-4-5-6-15(23)9-11-22-12-10-17(21)18(22)14-26-13-16-7-8-19(27-16)20(24)25-2/h7-8,15,17-18,23H,3-6,9-14H2,1-2H3. The van der Waals surface area contributed by atoms with E-state index in [1.807, 2.05) is 0 Å². The molecule has 0 aromatic carbocycles. The topological polar surface area (TPSA) is 72.1 Å². The lowest BCUT2D eigenvalue weighted by Crippen LogP contribution is -2.38. The van der Waals surface area contributed by atoms with Crippen molar-refractivity contribution >= 4 is 17.6 Å². The highest BCUT2D eigenvalue weighted by Gasteiger charge is 2.32. The van der Waals surface area contributed by atoms with E-state index in [4.69, 9.17) is 20.8 Å². The zero-order chi connectivity index (χ0) is 19.6. The van der Waals surface area contributed by atoms with Crippen LogP contribution in [0.25, 0.3) is 0 Å². The van der Waals surface area contributed by atoms with E-state index in [-0.39, 0.29) is 29.9 Å². The van der Waals surface area contributed by atoms with Crippen molar-refractivity contribution in [3.63, 3.8) is 0 Å². The first-order valence-electron chi connectivity index (χ1n) is 9.86. The maximum atomic E-state index is 11.4. The van der Waals surface area contributed by atoms with Gasteiger partial charge in [0.2, 0.25) is 5.76 Å². The third-order valence-electron chi connectivity index (χ3n) is 5.05. The van der Waals surface area contributed by atoms with E-state index in [2.05, 4.69) is 16.6 Å². The second kappa shape index (κ2) is 11.7. The van der Waals surface area contributed by atoms with Crippen molar-refractivity contribution in [2.75, 3.05) is 26.8 Å². The van der Waals surface area contributed by atoms with Crippen LogP contribution in [0, 0.1) is 0 Å². The maximum Gasteiger partial charge on any atom is 0.373 e. The van der Waals surface area contributed by atoms with Crippen molar-refractivity contribution in [1.29, 1.82) is 0 Å². The summed E-state index contributed by atoms with van der Waals surface area (Å²) >= 11 is 6.47. The van der Waals surface area contributed by atoms with Gasteiger partial charge in [0.05, 0.1) is 25.2 Å². The second-order valence-electron chi connectivity index (χ2n) is 7.12. The lowest BCUT2D eigenvalue weighted by atomic mass is 10.1. The highest BCUT2D eigenvalue weighted by Crippen LogP contribution is 2.24. The Labute approximate surface area is 166 Å². The molecule has 0 amide bonds. The minimum atomic E-state index is -0.499. The van der Waals surface area contributed by atoms with Gasteiger partial charge >= 0.3 is 5.97 Å². The Morgan fingerprint density at radius 1 is 1.41 bits per heavy atom. The van der Waals surface area contributed by atoms with Crippen LogP contribution in [-0.2, 0) is 16.1 Å². The smallest absolute Gasteiger partial charge is 0.373 e. The summed E-state index contributed by atoms with van der Waals surface area (Å²) in [5.74, 6) is 0.254. The lowest BCUT2D eigenvalue weighted by molar-refractivity contribution is 0.0474. The largest absolute Gasteiger partial charge is 0.463 e. The summed E-state index contributed by atoms with van der Waals surface area (Å²) in [5.41, 5.74) is 0. The average molecular weight is 402 g/mol. The minimum Gasteiger partial charge on any atom is -0.463 e. The van der Waals surface area contributed by atoms with Gasteiger partial charge in [0, 0.05) is 19.1 Å². The number of likely N-dealkylation sites (tertiary alicyclic amines) is 1. The third kappa shape index (κ3) is 7.11. The number of nitrogens with zero attached hydrogens (tertiary/aromatic N) is 1. The molecule has 0 bridgehead atoms. The predicted octanol–water partition coefficient (Wildman–Crippen LogP) is 3.60. The minimum absolute atomic E-state index is 0.0458. The summed E-state index contributed by atoms with van der Waals surface area (Å²) in [6.45, 7) is 4.70. The molecular formula is C20H32ClNO5. The molecule has 1 aliphatic rings. The number of ether oxygens (including phenoxy) is 2. The number of esters is 1. The van der Waals surface area contributed by atoms with Crippen LogP contribution in [0.3, 0.4) is 0 Å². The number of carbonyl (C=O) groups is 1. The van der Waals surface area contributed by atoms with Crippen LogP contribution in [0.5, 0.6) is 0 Å². The van der Waals surface area contributed by atoms with E-state index in [0.717, 1.165) is 38.8 Å². The van der Waals surface area contributed by atoms with Crippen LogP contribution in [0.4, 0.5) is 0 Å². The fraction of sp³-hybridized carbons (Fsp3) is 0.750. The van der Waals surface area contributed by atoms with E-state index in [9.17, 15) is 9.90 Å². The SMILES string of the molecule is CCCCCC(O)CCN1CCC(Cl)C1COCc1ccc(C(=O)OC)o1. The van der Waals surface area contributed by atoms with Gasteiger partial charge in [0.25, 0.3) is 0 Å². The molecule has 3 unspecified atom stereocenters. The Morgan fingerprint density at radius 2 is 2.22 bits per heavy atom. The van der Waals surface area contributed by atoms with Gasteiger partial charge in [-0.05, 0) is 31.4 Å². The molecule has 3 atom stereocenters. The molecule has 6 nitrogen and oxygen atoms in total. The van der Waals surface area contributed by atoms with E-state index >= 15 is 0 Å². The van der Waals surface area contributed by atoms with Crippen LogP contribution in [0.2, 0.25) is 0 Å². The molecule has 7 heteroatoms. The molecule has 154 valence electrons. The predicted molar refractivity (Wildman–Crippen MR) is 104 cm³/mol. The molecule has 2 heterocycles. The number of hydrogen-bond donors (Lipinski definition) is 1. The van der Waals surface area contributed by atoms with Gasteiger partial charge in [0.15, 0.2) is 0 Å². The Hall–Kier alpha value is -1.08. The molecule has 0 aliphatic carbocycles. The van der Waals surface area contributed by atoms with Crippen molar-refractivity contribution in [2.45, 2.75) is 69.6 Å². The van der Waals surface area contributed by atoms with Crippen molar-refractivity contribution in [3.8, 4) is 0 Å². The quantitative estimate of drug-likeness (QED) is 0.328. The van der Waals surface area contributed by atoms with Gasteiger partial charge in [0.1, 0.15) is 12.4 Å². The molecule has 1 N–H and O–H groups in total. The zero-order valence-electron chi connectivity index (χ0n) is 16.4. The van der Waals surface area contributed by atoms with E-state index in [0.29, 0.717) is 12.4 Å². The molecule has 1 fully saturated rings. The van der Waals surface area contributed by atoms with Gasteiger partial charge < -0.3 is 19.0 Å². The molecular weight excluding hydrogens is 370 g/mol. The molecule has 1 aliphatic heterocycles. The van der Waals surface area contributed by atoms with Crippen molar-refractivity contribution in [1.82, 2.24) is 4.90 Å². The number of halogens is 1. The van der Waals surface area contributed by atoms with Crippen molar-refractivity contribution < 1.29 is 23.8 Å². The molecule has 1 saturated heterocycles. The fourth-order valence-corrected chi connectivity index (χ4v) is 3.73. The zero-order valence-corrected chi connectivity index (χ0v) is 17.1. The number of hydrogen-bond acceptors (Lipinski definition) is 6. The molecule has 0 spiro atoms. The van der Waals surface area contributed by atoms with Crippen LogP contribution in [0.15, 0.2) is 16.5 Å². The van der Waals surface area contributed by atoms with Gasteiger partial charge in [-0.15, -0.1) is 11.6 Å². The van der Waals surface area contributed by atoms with Crippen LogP contribution < -0.4 is 0 Å². The van der Waals surface area contributed by atoms with Crippen molar-refractivity contribution in [3.05, 3.63) is 23.7 Å². The molecule has 2 rings (SSSR count). The first-order valence-corrected chi connectivity index (χ1v) is 10.3. The number of rotatable bonds is 12. The maximum absolute atomic E-state index is 11.4. The fourth-order valence-electron chi connectivity index (χ4n) is 3.40. The summed E-state index contributed by atoms with van der Waals surface area (Å²) in [4.78, 5) is 13.7. The van der Waals surface area contributed by atoms with E-state index in [1.54, 1.807) is 12.1 Å². The third-order valence-corrected chi connectivity index (χ3v) is 5.56. The van der Waals surface area contributed by atoms with Gasteiger partial charge in [-0.2, -0.15) is 0 Å². The monoisotopic (exact) mass is 401 g/mol. The summed E-state index contributed by atoms with van der Waals surface area (Å²) in [6, 6.07) is 3.42. The number of unbranched alkanes of at least 4 members (excludes halogenated alkanes) is 2. The van der Waals surface area contributed by atoms with Crippen LogP contribution in [-0.4, -0.2) is 60.3 Å². The second-order valence-corrected chi connectivity index (χ2v) is 7.68. The van der Waals surface area contributed by atoms with Crippen molar-refractivity contribution in [2.24, 2.45) is 0 Å². The van der Waals surface area contributed by atoms with E-state index < -0.39 is 5.97 Å². The normalized spacial score (nSPS) is 21.5. The Kier molecular flexibility index (Phi) is 9.62.